The summed E-state index contributed by atoms with van der Waals surface area (Å²) in [5.74, 6) is -0.149. The van der Waals surface area contributed by atoms with Crippen LogP contribution in [0.5, 0.6) is 0 Å². The third-order valence-corrected chi connectivity index (χ3v) is 2.44. The molecule has 4 nitrogen and oxygen atoms in total. The summed E-state index contributed by atoms with van der Waals surface area (Å²) in [5, 5.41) is 2.92. The Kier molecular flexibility index (Phi) is 4.10. The SMILES string of the molecule is C=CC(=O)NC1(COC)CCOCC1. The third-order valence-electron chi connectivity index (χ3n) is 2.44. The van der Waals surface area contributed by atoms with Gasteiger partial charge in [-0.1, -0.05) is 6.58 Å². The van der Waals surface area contributed by atoms with Crippen LogP contribution in [0.3, 0.4) is 0 Å². The number of carbonyl (C=O) groups is 1. The third kappa shape index (κ3) is 2.82. The molecule has 0 spiro atoms. The Hall–Kier alpha value is -0.870. The number of ether oxygens (including phenoxy) is 2. The van der Waals surface area contributed by atoms with E-state index in [0.29, 0.717) is 19.8 Å². The molecule has 14 heavy (non-hydrogen) atoms. The first-order valence-electron chi connectivity index (χ1n) is 4.74. The minimum Gasteiger partial charge on any atom is -0.382 e. The average molecular weight is 199 g/mol. The highest BCUT2D eigenvalue weighted by Crippen LogP contribution is 2.20. The molecule has 0 bridgehead atoms. The highest BCUT2D eigenvalue weighted by atomic mass is 16.5. The second-order valence-corrected chi connectivity index (χ2v) is 3.52. The molecule has 0 aromatic carbocycles. The zero-order valence-electron chi connectivity index (χ0n) is 8.54. The van der Waals surface area contributed by atoms with Gasteiger partial charge < -0.3 is 14.8 Å². The van der Waals surface area contributed by atoms with E-state index in [1.807, 2.05) is 0 Å². The molecule has 0 aromatic rings. The van der Waals surface area contributed by atoms with Gasteiger partial charge in [-0.05, 0) is 18.9 Å². The lowest BCUT2D eigenvalue weighted by molar-refractivity contribution is -0.120. The van der Waals surface area contributed by atoms with Gasteiger partial charge in [0, 0.05) is 20.3 Å². The van der Waals surface area contributed by atoms with Crippen molar-refractivity contribution in [2.75, 3.05) is 26.9 Å². The molecule has 1 aliphatic rings. The van der Waals surface area contributed by atoms with E-state index in [1.54, 1.807) is 7.11 Å². The topological polar surface area (TPSA) is 47.6 Å². The number of amides is 1. The van der Waals surface area contributed by atoms with Crippen molar-refractivity contribution in [3.63, 3.8) is 0 Å². The number of carbonyl (C=O) groups excluding carboxylic acids is 1. The Morgan fingerprint density at radius 3 is 2.79 bits per heavy atom. The number of nitrogens with one attached hydrogen (secondary N) is 1. The van der Waals surface area contributed by atoms with Gasteiger partial charge in [0.2, 0.25) is 5.91 Å². The molecular formula is C10H17NO3. The Bertz CT molecular complexity index is 204. The van der Waals surface area contributed by atoms with Crippen LogP contribution in [-0.2, 0) is 14.3 Å². The minimum absolute atomic E-state index is 0.149. The van der Waals surface area contributed by atoms with E-state index >= 15 is 0 Å². The van der Waals surface area contributed by atoms with Gasteiger partial charge in [0.15, 0.2) is 0 Å². The molecule has 1 rings (SSSR count). The Balaban J connectivity index is 2.59. The lowest BCUT2D eigenvalue weighted by atomic mass is 9.91. The fourth-order valence-corrected chi connectivity index (χ4v) is 1.66. The molecule has 0 aromatic heterocycles. The Morgan fingerprint density at radius 2 is 2.29 bits per heavy atom. The molecule has 1 N–H and O–H groups in total. The molecule has 1 fully saturated rings. The van der Waals surface area contributed by atoms with E-state index in [1.165, 1.54) is 6.08 Å². The summed E-state index contributed by atoms with van der Waals surface area (Å²) in [5.41, 5.74) is -0.266. The van der Waals surface area contributed by atoms with Gasteiger partial charge in [-0.25, -0.2) is 0 Å². The van der Waals surface area contributed by atoms with Gasteiger partial charge in [0.05, 0.1) is 12.1 Å². The van der Waals surface area contributed by atoms with Crippen LogP contribution in [0.4, 0.5) is 0 Å². The van der Waals surface area contributed by atoms with Gasteiger partial charge in [0.25, 0.3) is 0 Å². The lowest BCUT2D eigenvalue weighted by Gasteiger charge is -2.37. The minimum atomic E-state index is -0.266. The van der Waals surface area contributed by atoms with Gasteiger partial charge >= 0.3 is 0 Å². The van der Waals surface area contributed by atoms with Gasteiger partial charge in [-0.3, -0.25) is 4.79 Å². The summed E-state index contributed by atoms with van der Waals surface area (Å²) in [6.07, 6.45) is 2.87. The zero-order chi connectivity index (χ0) is 10.4. The molecule has 80 valence electrons. The smallest absolute Gasteiger partial charge is 0.243 e. The van der Waals surface area contributed by atoms with Gasteiger partial charge in [-0.15, -0.1) is 0 Å². The normalized spacial score (nSPS) is 20.1. The second-order valence-electron chi connectivity index (χ2n) is 3.52. The molecule has 1 aliphatic heterocycles. The number of hydrogen-bond donors (Lipinski definition) is 1. The maximum atomic E-state index is 11.2. The van der Waals surface area contributed by atoms with Crippen molar-refractivity contribution in [1.82, 2.24) is 5.32 Å². The first-order valence-corrected chi connectivity index (χ1v) is 4.74. The fourth-order valence-electron chi connectivity index (χ4n) is 1.66. The van der Waals surface area contributed by atoms with E-state index in [0.717, 1.165) is 12.8 Å². The molecule has 0 radical (unpaired) electrons. The second kappa shape index (κ2) is 5.12. The number of methoxy groups -OCH3 is 1. The van der Waals surface area contributed by atoms with Crippen molar-refractivity contribution in [3.05, 3.63) is 12.7 Å². The van der Waals surface area contributed by atoms with Crippen molar-refractivity contribution in [3.8, 4) is 0 Å². The van der Waals surface area contributed by atoms with Crippen LogP contribution in [0.25, 0.3) is 0 Å². The molecule has 1 heterocycles. The van der Waals surface area contributed by atoms with Crippen LogP contribution in [0.1, 0.15) is 12.8 Å². The number of hydrogen-bond acceptors (Lipinski definition) is 3. The monoisotopic (exact) mass is 199 g/mol. The Morgan fingerprint density at radius 1 is 1.64 bits per heavy atom. The van der Waals surface area contributed by atoms with Crippen molar-refractivity contribution >= 4 is 5.91 Å². The largest absolute Gasteiger partial charge is 0.382 e. The highest BCUT2D eigenvalue weighted by Gasteiger charge is 2.33. The molecule has 4 heteroatoms. The van der Waals surface area contributed by atoms with Crippen molar-refractivity contribution in [1.29, 1.82) is 0 Å². The van der Waals surface area contributed by atoms with Crippen LogP contribution in [0.15, 0.2) is 12.7 Å². The van der Waals surface area contributed by atoms with E-state index in [-0.39, 0.29) is 11.4 Å². The lowest BCUT2D eigenvalue weighted by Crippen LogP contribution is -2.54. The average Bonchev–Trinajstić information content (AvgIpc) is 2.19. The molecular weight excluding hydrogens is 182 g/mol. The standard InChI is InChI=1S/C10H17NO3/c1-3-9(12)11-10(8-13-2)4-6-14-7-5-10/h3H,1,4-8H2,2H3,(H,11,12). The summed E-state index contributed by atoms with van der Waals surface area (Å²) in [6, 6.07) is 0. The van der Waals surface area contributed by atoms with E-state index < -0.39 is 0 Å². The first-order chi connectivity index (χ1) is 6.72. The first kappa shape index (κ1) is 11.2. The summed E-state index contributed by atoms with van der Waals surface area (Å²) < 4.78 is 10.4. The van der Waals surface area contributed by atoms with E-state index in [2.05, 4.69) is 11.9 Å². The quantitative estimate of drug-likeness (QED) is 0.670. The molecule has 1 saturated heterocycles. The molecule has 1 amide bonds. The van der Waals surface area contributed by atoms with Crippen molar-refractivity contribution in [2.45, 2.75) is 18.4 Å². The van der Waals surface area contributed by atoms with Crippen LogP contribution in [-0.4, -0.2) is 38.4 Å². The predicted molar refractivity (Wildman–Crippen MR) is 53.0 cm³/mol. The predicted octanol–water partition coefficient (Wildman–Crippen LogP) is 0.484. The van der Waals surface area contributed by atoms with Crippen LogP contribution >= 0.6 is 0 Å². The molecule has 0 saturated carbocycles. The van der Waals surface area contributed by atoms with Crippen LogP contribution in [0.2, 0.25) is 0 Å². The fraction of sp³-hybridized carbons (Fsp3) is 0.700. The van der Waals surface area contributed by atoms with Gasteiger partial charge in [0.1, 0.15) is 0 Å². The summed E-state index contributed by atoms with van der Waals surface area (Å²) >= 11 is 0. The Labute approximate surface area is 84.3 Å². The van der Waals surface area contributed by atoms with Crippen molar-refractivity contribution < 1.29 is 14.3 Å². The molecule has 0 atom stereocenters. The van der Waals surface area contributed by atoms with E-state index in [4.69, 9.17) is 9.47 Å². The number of rotatable bonds is 4. The van der Waals surface area contributed by atoms with E-state index in [9.17, 15) is 4.79 Å². The maximum absolute atomic E-state index is 11.2. The van der Waals surface area contributed by atoms with Crippen LogP contribution in [0, 0.1) is 0 Å². The summed E-state index contributed by atoms with van der Waals surface area (Å²) in [6.45, 7) is 5.29. The maximum Gasteiger partial charge on any atom is 0.243 e. The van der Waals surface area contributed by atoms with Crippen LogP contribution < -0.4 is 5.32 Å². The van der Waals surface area contributed by atoms with Crippen molar-refractivity contribution in [2.24, 2.45) is 0 Å². The zero-order valence-corrected chi connectivity index (χ0v) is 8.54. The summed E-state index contributed by atoms with van der Waals surface area (Å²) in [7, 11) is 1.64. The van der Waals surface area contributed by atoms with Gasteiger partial charge in [-0.2, -0.15) is 0 Å². The summed E-state index contributed by atoms with van der Waals surface area (Å²) in [4.78, 5) is 11.2. The molecule has 0 aliphatic carbocycles. The molecule has 0 unspecified atom stereocenters. The highest BCUT2D eigenvalue weighted by molar-refractivity contribution is 5.87.